The maximum Gasteiger partial charge on any atom is 0.394 e. The van der Waals surface area contributed by atoms with Crippen molar-refractivity contribution in [3.63, 3.8) is 0 Å². The summed E-state index contributed by atoms with van der Waals surface area (Å²) in [6, 6.07) is 0. The third-order valence-electron chi connectivity index (χ3n) is 1.89. The number of halogens is 3. The summed E-state index contributed by atoms with van der Waals surface area (Å²) in [4.78, 5) is 2.45. The molecule has 1 fully saturated rings. The van der Waals surface area contributed by atoms with Crippen molar-refractivity contribution in [1.82, 2.24) is 0 Å². The average Bonchev–Trinajstić information content (AvgIpc) is 2.47. The Kier molecular flexibility index (Phi) is 3.00. The summed E-state index contributed by atoms with van der Waals surface area (Å²) in [6.45, 7) is -0.349. The summed E-state index contributed by atoms with van der Waals surface area (Å²) >= 11 is 0. The van der Waals surface area contributed by atoms with Crippen LogP contribution in [0.3, 0.4) is 0 Å². The van der Waals surface area contributed by atoms with Gasteiger partial charge in [0.1, 0.15) is 0 Å². The Hall–Kier alpha value is -0.940. The van der Waals surface area contributed by atoms with Gasteiger partial charge in [0, 0.05) is 4.91 Å². The van der Waals surface area contributed by atoms with Gasteiger partial charge in [0.05, 0.1) is 25.2 Å². The normalized spacial score (nSPS) is 28.5. The summed E-state index contributed by atoms with van der Waals surface area (Å²) < 4.78 is 41.0. The fourth-order valence-corrected chi connectivity index (χ4v) is 1.19. The predicted octanol–water partition coefficient (Wildman–Crippen LogP) is 2.26. The first-order valence-electron chi connectivity index (χ1n) is 3.73. The Morgan fingerprint density at radius 2 is 2.23 bits per heavy atom. The molecular weight excluding hydrogens is 187 g/mol. The van der Waals surface area contributed by atoms with E-state index >= 15 is 0 Å². The van der Waals surface area contributed by atoms with Crippen LogP contribution in [-0.4, -0.2) is 25.4 Å². The molecule has 0 radical (unpaired) electrons. The summed E-state index contributed by atoms with van der Waals surface area (Å²) in [7, 11) is 0. The number of hydrogen-bond donors (Lipinski definition) is 0. The maximum absolute atomic E-state index is 12.1. The average molecular weight is 195 g/mol. The van der Waals surface area contributed by atoms with Crippen LogP contribution in [0.4, 0.5) is 13.2 Å². The molecule has 13 heavy (non-hydrogen) atoms. The first-order valence-corrected chi connectivity index (χ1v) is 3.73. The summed E-state index contributed by atoms with van der Waals surface area (Å²) in [5.74, 6) is -1.41. The van der Waals surface area contributed by atoms with E-state index in [1.807, 2.05) is 0 Å². The molecular formula is C6H8F3N3O. The number of nitrogens with zero attached hydrogens (tertiary/aromatic N) is 3. The standard InChI is InChI=1S/C6H8F3N3O/c7-6(8,9)4-1-5(13-3-4)2-11-12-10/h4-5H,1-3H2/t4-,5+/m0/s1. The monoisotopic (exact) mass is 195 g/mol. The van der Waals surface area contributed by atoms with Crippen molar-refractivity contribution < 1.29 is 17.9 Å². The lowest BCUT2D eigenvalue weighted by molar-refractivity contribution is -0.173. The fraction of sp³-hybridized carbons (Fsp3) is 1.00. The van der Waals surface area contributed by atoms with Gasteiger partial charge >= 0.3 is 6.18 Å². The molecule has 74 valence electrons. The molecule has 0 saturated carbocycles. The van der Waals surface area contributed by atoms with E-state index in [1.54, 1.807) is 0 Å². The Balaban J connectivity index is 2.40. The van der Waals surface area contributed by atoms with E-state index in [2.05, 4.69) is 10.0 Å². The minimum Gasteiger partial charge on any atom is -0.377 e. The number of rotatable bonds is 2. The zero-order valence-electron chi connectivity index (χ0n) is 6.66. The van der Waals surface area contributed by atoms with Gasteiger partial charge in [-0.05, 0) is 12.0 Å². The molecule has 0 aromatic heterocycles. The second-order valence-corrected chi connectivity index (χ2v) is 2.84. The fourth-order valence-electron chi connectivity index (χ4n) is 1.19. The van der Waals surface area contributed by atoms with E-state index in [-0.39, 0.29) is 19.6 Å². The van der Waals surface area contributed by atoms with Crippen LogP contribution < -0.4 is 0 Å². The molecule has 0 bridgehead atoms. The highest BCUT2D eigenvalue weighted by atomic mass is 19.4. The molecule has 0 aromatic rings. The molecule has 4 nitrogen and oxygen atoms in total. The SMILES string of the molecule is [N-]=[N+]=NC[C@H]1C[C@H](C(F)(F)F)CO1. The quantitative estimate of drug-likeness (QED) is 0.378. The maximum atomic E-state index is 12.1. The van der Waals surface area contributed by atoms with Crippen LogP contribution in [0.2, 0.25) is 0 Å². The van der Waals surface area contributed by atoms with Gasteiger partial charge in [-0.2, -0.15) is 13.2 Å². The molecule has 2 atom stereocenters. The summed E-state index contributed by atoms with van der Waals surface area (Å²) in [5.41, 5.74) is 7.93. The van der Waals surface area contributed by atoms with Crippen molar-refractivity contribution in [2.45, 2.75) is 18.7 Å². The molecule has 0 amide bonds. The van der Waals surface area contributed by atoms with Crippen LogP contribution in [0, 0.1) is 5.92 Å². The summed E-state index contributed by atoms with van der Waals surface area (Å²) in [5, 5.41) is 3.16. The number of ether oxygens (including phenoxy) is 1. The molecule has 7 heteroatoms. The Labute approximate surface area is 72.3 Å². The molecule has 1 rings (SSSR count). The number of alkyl halides is 3. The molecule has 1 saturated heterocycles. The van der Waals surface area contributed by atoms with Crippen LogP contribution in [0.5, 0.6) is 0 Å². The largest absolute Gasteiger partial charge is 0.394 e. The van der Waals surface area contributed by atoms with E-state index in [9.17, 15) is 13.2 Å². The first-order chi connectivity index (χ1) is 6.04. The van der Waals surface area contributed by atoms with Crippen LogP contribution in [0.25, 0.3) is 10.4 Å². The van der Waals surface area contributed by atoms with Gasteiger partial charge < -0.3 is 4.74 Å². The highest BCUT2D eigenvalue weighted by Gasteiger charge is 2.44. The molecule has 1 heterocycles. The lowest BCUT2D eigenvalue weighted by Crippen LogP contribution is -2.23. The van der Waals surface area contributed by atoms with Gasteiger partial charge in [0.15, 0.2) is 0 Å². The smallest absolute Gasteiger partial charge is 0.377 e. The second kappa shape index (κ2) is 3.85. The zero-order chi connectivity index (χ0) is 9.90. The van der Waals surface area contributed by atoms with Crippen molar-refractivity contribution in [2.75, 3.05) is 13.2 Å². The second-order valence-electron chi connectivity index (χ2n) is 2.84. The Morgan fingerprint density at radius 3 is 2.69 bits per heavy atom. The third kappa shape index (κ3) is 2.78. The van der Waals surface area contributed by atoms with E-state index in [0.29, 0.717) is 0 Å². The summed E-state index contributed by atoms with van der Waals surface area (Å²) in [6.07, 6.45) is -4.89. The predicted molar refractivity (Wildman–Crippen MR) is 37.9 cm³/mol. The van der Waals surface area contributed by atoms with E-state index in [1.165, 1.54) is 0 Å². The van der Waals surface area contributed by atoms with Crippen LogP contribution in [0.15, 0.2) is 5.11 Å². The lowest BCUT2D eigenvalue weighted by atomic mass is 10.1. The van der Waals surface area contributed by atoms with Crippen molar-refractivity contribution in [3.8, 4) is 0 Å². The highest BCUT2D eigenvalue weighted by Crippen LogP contribution is 2.34. The van der Waals surface area contributed by atoms with Gasteiger partial charge in [-0.25, -0.2) is 0 Å². The minimum atomic E-state index is -4.20. The first kappa shape index (κ1) is 10.1. The zero-order valence-corrected chi connectivity index (χ0v) is 6.66. The number of azide groups is 1. The molecule has 0 aromatic carbocycles. The van der Waals surface area contributed by atoms with Crippen molar-refractivity contribution >= 4 is 0 Å². The molecule has 1 aliphatic rings. The molecule has 0 spiro atoms. The van der Waals surface area contributed by atoms with E-state index in [0.717, 1.165) is 0 Å². The van der Waals surface area contributed by atoms with Gasteiger partial charge in [-0.3, -0.25) is 0 Å². The molecule has 1 aliphatic heterocycles. The van der Waals surface area contributed by atoms with Crippen molar-refractivity contribution in [2.24, 2.45) is 11.0 Å². The van der Waals surface area contributed by atoms with Gasteiger partial charge in [0.2, 0.25) is 0 Å². The number of hydrogen-bond acceptors (Lipinski definition) is 2. The van der Waals surface area contributed by atoms with E-state index in [4.69, 9.17) is 10.3 Å². The Bertz CT molecular complexity index is 224. The topological polar surface area (TPSA) is 58.0 Å². The van der Waals surface area contributed by atoms with Crippen molar-refractivity contribution in [3.05, 3.63) is 10.4 Å². The van der Waals surface area contributed by atoms with Crippen LogP contribution in [-0.2, 0) is 4.74 Å². The third-order valence-corrected chi connectivity index (χ3v) is 1.89. The molecule has 0 aliphatic carbocycles. The van der Waals surface area contributed by atoms with E-state index < -0.39 is 18.2 Å². The van der Waals surface area contributed by atoms with Crippen molar-refractivity contribution in [1.29, 1.82) is 0 Å². The van der Waals surface area contributed by atoms with Crippen LogP contribution >= 0.6 is 0 Å². The van der Waals surface area contributed by atoms with Crippen LogP contribution in [0.1, 0.15) is 6.42 Å². The van der Waals surface area contributed by atoms with Gasteiger partial charge in [-0.15, -0.1) is 0 Å². The molecule has 0 N–H and O–H groups in total. The van der Waals surface area contributed by atoms with Gasteiger partial charge in [-0.1, -0.05) is 5.11 Å². The minimum absolute atomic E-state index is 0.0247. The lowest BCUT2D eigenvalue weighted by Gasteiger charge is -2.11. The molecule has 0 unspecified atom stereocenters. The Morgan fingerprint density at radius 1 is 1.54 bits per heavy atom. The highest BCUT2D eigenvalue weighted by molar-refractivity contribution is 4.79. The van der Waals surface area contributed by atoms with Gasteiger partial charge in [0.25, 0.3) is 0 Å².